The van der Waals surface area contributed by atoms with Crippen molar-refractivity contribution in [3.63, 3.8) is 0 Å². The van der Waals surface area contributed by atoms with Crippen molar-refractivity contribution in [2.75, 3.05) is 25.0 Å². The number of benzene rings is 3. The lowest BCUT2D eigenvalue weighted by Crippen LogP contribution is -2.46. The van der Waals surface area contributed by atoms with Crippen molar-refractivity contribution in [3.05, 3.63) is 100 Å². The molecule has 5 heteroatoms. The van der Waals surface area contributed by atoms with Gasteiger partial charge in [-0.2, -0.15) is 0 Å². The number of aromatic nitrogens is 1. The molecule has 1 aromatic heterocycles. The molecule has 2 aliphatic rings. The highest BCUT2D eigenvalue weighted by molar-refractivity contribution is 5.88. The molecular weight excluding hydrogens is 528 g/mol. The summed E-state index contributed by atoms with van der Waals surface area (Å²) < 4.78 is 1.81. The summed E-state index contributed by atoms with van der Waals surface area (Å²) in [5.41, 5.74) is 11.2. The van der Waals surface area contributed by atoms with Gasteiger partial charge in [0.05, 0.1) is 5.56 Å². The molecule has 2 fully saturated rings. The lowest BCUT2D eigenvalue weighted by molar-refractivity contribution is 0.133. The maximum atomic E-state index is 14.5. The number of pyridine rings is 1. The molecule has 1 aliphatic carbocycles. The van der Waals surface area contributed by atoms with Crippen LogP contribution in [0, 0.1) is 5.41 Å². The number of nitrogens with zero attached hydrogens (tertiary/aromatic N) is 1. The third-order valence-corrected chi connectivity index (χ3v) is 10.2. The van der Waals surface area contributed by atoms with E-state index in [1.54, 1.807) is 4.57 Å². The van der Waals surface area contributed by atoms with Gasteiger partial charge in [0.1, 0.15) is 5.82 Å². The van der Waals surface area contributed by atoms with Crippen molar-refractivity contribution >= 4 is 16.6 Å². The minimum atomic E-state index is -0.0549. The van der Waals surface area contributed by atoms with E-state index >= 15 is 0 Å². The minimum absolute atomic E-state index is 0.0549. The minimum Gasteiger partial charge on any atom is -0.370 e. The molecule has 43 heavy (non-hydrogen) atoms. The monoisotopic (exact) mass is 576 g/mol. The van der Waals surface area contributed by atoms with Gasteiger partial charge in [0.2, 0.25) is 0 Å². The Morgan fingerprint density at radius 3 is 2.37 bits per heavy atom. The van der Waals surface area contributed by atoms with E-state index in [4.69, 9.17) is 5.73 Å². The fourth-order valence-electron chi connectivity index (χ4n) is 7.83. The number of rotatable bonds is 7. The molecule has 3 aromatic carbocycles. The van der Waals surface area contributed by atoms with Crippen LogP contribution in [0.15, 0.2) is 83.7 Å². The molecule has 1 saturated heterocycles. The van der Waals surface area contributed by atoms with Crippen LogP contribution in [0.1, 0.15) is 74.8 Å². The average molecular weight is 577 g/mol. The second-order valence-electron chi connectivity index (χ2n) is 13.1. The lowest BCUT2D eigenvalue weighted by atomic mass is 9.62. The maximum Gasteiger partial charge on any atom is 0.260 e. The highest BCUT2D eigenvalue weighted by Crippen LogP contribution is 2.50. The first-order chi connectivity index (χ1) is 21.0. The zero-order valence-corrected chi connectivity index (χ0v) is 25.8. The van der Waals surface area contributed by atoms with Crippen LogP contribution in [-0.4, -0.2) is 30.2 Å². The van der Waals surface area contributed by atoms with Gasteiger partial charge in [-0.1, -0.05) is 105 Å². The van der Waals surface area contributed by atoms with Crippen LogP contribution in [0.2, 0.25) is 0 Å². The van der Waals surface area contributed by atoms with Crippen molar-refractivity contribution in [2.45, 2.75) is 76.2 Å². The summed E-state index contributed by atoms with van der Waals surface area (Å²) in [7, 11) is 1.90. The Balaban J connectivity index is 1.42. The van der Waals surface area contributed by atoms with E-state index in [1.165, 1.54) is 73.3 Å². The SMILES string of the molecule is Cn1c(NC[C@@H](N)Cc2ccccc2)cc(C2CCNCC23CCCCCCCC3)c(-c2ccc3ccccc3c2)c1=O. The second kappa shape index (κ2) is 13.5. The van der Waals surface area contributed by atoms with Crippen LogP contribution in [0.25, 0.3) is 21.9 Å². The quantitative estimate of drug-likeness (QED) is 0.215. The zero-order chi connectivity index (χ0) is 29.6. The number of piperidine rings is 1. The van der Waals surface area contributed by atoms with Crippen LogP contribution in [0.5, 0.6) is 0 Å². The van der Waals surface area contributed by atoms with Gasteiger partial charge in [-0.05, 0) is 83.2 Å². The van der Waals surface area contributed by atoms with E-state index in [0.717, 1.165) is 42.9 Å². The Morgan fingerprint density at radius 1 is 0.907 bits per heavy atom. The molecular formula is C38H48N4O. The van der Waals surface area contributed by atoms with E-state index in [-0.39, 0.29) is 17.0 Å². The Hall–Kier alpha value is -3.41. The highest BCUT2D eigenvalue weighted by atomic mass is 16.1. The zero-order valence-electron chi connectivity index (χ0n) is 25.8. The number of fused-ring (bicyclic) bond motifs is 1. The average Bonchev–Trinajstić information content (AvgIpc) is 3.15. The number of nitrogens with one attached hydrogen (secondary N) is 2. The predicted octanol–water partition coefficient (Wildman–Crippen LogP) is 7.39. The summed E-state index contributed by atoms with van der Waals surface area (Å²) in [6, 6.07) is 27.6. The molecule has 1 aliphatic heterocycles. The molecule has 4 aromatic rings. The molecule has 5 nitrogen and oxygen atoms in total. The van der Waals surface area contributed by atoms with Crippen molar-refractivity contribution in [1.82, 2.24) is 9.88 Å². The second-order valence-corrected chi connectivity index (χ2v) is 13.1. The smallest absolute Gasteiger partial charge is 0.260 e. The van der Waals surface area contributed by atoms with Crippen molar-refractivity contribution in [1.29, 1.82) is 0 Å². The predicted molar refractivity (Wildman–Crippen MR) is 181 cm³/mol. The molecule has 6 rings (SSSR count). The third kappa shape index (κ3) is 6.58. The Bertz CT molecular complexity index is 1570. The number of hydrogen-bond donors (Lipinski definition) is 3. The van der Waals surface area contributed by atoms with Gasteiger partial charge in [0.25, 0.3) is 5.56 Å². The van der Waals surface area contributed by atoms with Crippen LogP contribution in [0.3, 0.4) is 0 Å². The van der Waals surface area contributed by atoms with Crippen molar-refractivity contribution in [2.24, 2.45) is 18.2 Å². The fourth-order valence-corrected chi connectivity index (χ4v) is 7.83. The summed E-state index contributed by atoms with van der Waals surface area (Å²) in [4.78, 5) is 14.5. The molecule has 226 valence electrons. The maximum absolute atomic E-state index is 14.5. The van der Waals surface area contributed by atoms with Gasteiger partial charge >= 0.3 is 0 Å². The van der Waals surface area contributed by atoms with E-state index in [2.05, 4.69) is 83.4 Å². The van der Waals surface area contributed by atoms with E-state index in [1.807, 2.05) is 13.1 Å². The van der Waals surface area contributed by atoms with Gasteiger partial charge < -0.3 is 16.4 Å². The Labute approximate surface area is 256 Å². The Kier molecular flexibility index (Phi) is 9.30. The molecule has 1 spiro atoms. The molecule has 1 unspecified atom stereocenters. The van der Waals surface area contributed by atoms with E-state index in [0.29, 0.717) is 12.5 Å². The molecule has 2 heterocycles. The van der Waals surface area contributed by atoms with E-state index in [9.17, 15) is 4.79 Å². The summed E-state index contributed by atoms with van der Waals surface area (Å²) in [6.07, 6.45) is 12.2. The van der Waals surface area contributed by atoms with Crippen LogP contribution < -0.4 is 21.9 Å². The van der Waals surface area contributed by atoms with Gasteiger partial charge in [-0.3, -0.25) is 9.36 Å². The summed E-state index contributed by atoms with van der Waals surface area (Å²) >= 11 is 0. The standard InChI is InChI=1S/C38H48N4O/c1-42-35(41-26-32(39)23-28-13-7-6-8-14-28)25-33(34-19-22-40-27-38(34)20-11-4-2-3-5-12-21-38)36(37(42)43)31-18-17-29-15-9-10-16-30(29)24-31/h6-10,13-18,24-25,32,34,40-41H,2-5,11-12,19-23,26-27,39H2,1H3/t32-,34?/m0/s1. The van der Waals surface area contributed by atoms with Gasteiger partial charge in [-0.15, -0.1) is 0 Å². The van der Waals surface area contributed by atoms with Crippen molar-refractivity contribution in [3.8, 4) is 11.1 Å². The molecule has 2 atom stereocenters. The normalized spacial score (nSPS) is 19.8. The number of hydrogen-bond acceptors (Lipinski definition) is 4. The van der Waals surface area contributed by atoms with Gasteiger partial charge in [0.15, 0.2) is 0 Å². The summed E-state index contributed by atoms with van der Waals surface area (Å²) in [6.45, 7) is 2.63. The highest BCUT2D eigenvalue weighted by Gasteiger charge is 2.42. The van der Waals surface area contributed by atoms with E-state index < -0.39 is 0 Å². The van der Waals surface area contributed by atoms with Gasteiger partial charge in [-0.25, -0.2) is 0 Å². The van der Waals surface area contributed by atoms with Crippen LogP contribution in [-0.2, 0) is 13.5 Å². The Morgan fingerprint density at radius 2 is 1.60 bits per heavy atom. The summed E-state index contributed by atoms with van der Waals surface area (Å²) in [5.74, 6) is 1.20. The van der Waals surface area contributed by atoms with Crippen LogP contribution >= 0.6 is 0 Å². The molecule has 4 N–H and O–H groups in total. The first kappa shape index (κ1) is 29.7. The fraction of sp³-hybridized carbons (Fsp3) is 0.447. The first-order valence-electron chi connectivity index (χ1n) is 16.5. The van der Waals surface area contributed by atoms with Gasteiger partial charge in [0, 0.05) is 26.2 Å². The molecule has 1 saturated carbocycles. The van der Waals surface area contributed by atoms with Crippen molar-refractivity contribution < 1.29 is 0 Å². The third-order valence-electron chi connectivity index (χ3n) is 10.2. The summed E-state index contributed by atoms with van der Waals surface area (Å²) in [5, 5.41) is 9.76. The number of anilines is 1. The number of nitrogens with two attached hydrogens (primary N) is 1. The first-order valence-corrected chi connectivity index (χ1v) is 16.5. The molecule has 0 amide bonds. The molecule has 0 radical (unpaired) electrons. The largest absolute Gasteiger partial charge is 0.370 e. The molecule has 0 bridgehead atoms. The lowest BCUT2D eigenvalue weighted by Gasteiger charge is -2.46. The topological polar surface area (TPSA) is 72.1 Å². The van der Waals surface area contributed by atoms with Crippen LogP contribution in [0.4, 0.5) is 5.82 Å².